The molecule has 0 aliphatic heterocycles. The highest BCUT2D eigenvalue weighted by molar-refractivity contribution is 5.98. The Bertz CT molecular complexity index is 674. The lowest BCUT2D eigenvalue weighted by Crippen LogP contribution is -2.04. The van der Waals surface area contributed by atoms with Gasteiger partial charge in [0.2, 0.25) is 0 Å². The van der Waals surface area contributed by atoms with Crippen molar-refractivity contribution in [1.29, 1.82) is 0 Å². The molecule has 0 unspecified atom stereocenters. The summed E-state index contributed by atoms with van der Waals surface area (Å²) in [6.45, 7) is 5.06. The van der Waals surface area contributed by atoms with Gasteiger partial charge in [-0.1, -0.05) is 0 Å². The van der Waals surface area contributed by atoms with E-state index < -0.39 is 4.92 Å². The number of nitro benzene ring substituents is 1. The third-order valence-corrected chi connectivity index (χ3v) is 2.81. The molecule has 0 aliphatic carbocycles. The Kier molecular flexibility index (Phi) is 3.16. The van der Waals surface area contributed by atoms with Gasteiger partial charge in [-0.25, -0.2) is 4.68 Å². The van der Waals surface area contributed by atoms with Gasteiger partial charge in [-0.2, -0.15) is 5.10 Å². The van der Waals surface area contributed by atoms with E-state index in [2.05, 4.69) is 5.10 Å². The lowest BCUT2D eigenvalue weighted by molar-refractivity contribution is -0.385. The number of hydrogen-bond donors (Lipinski definition) is 0. The number of carbonyl (C=O) groups excluding carboxylic acids is 1. The summed E-state index contributed by atoms with van der Waals surface area (Å²) in [6.07, 6.45) is 0. The topological polar surface area (TPSA) is 78.0 Å². The van der Waals surface area contributed by atoms with Gasteiger partial charge in [0.25, 0.3) is 5.69 Å². The second-order valence-corrected chi connectivity index (χ2v) is 4.35. The average molecular weight is 259 g/mol. The number of ketones is 1. The predicted octanol–water partition coefficient (Wildman–Crippen LogP) is 2.60. The van der Waals surface area contributed by atoms with Crippen molar-refractivity contribution in [3.05, 3.63) is 51.3 Å². The molecule has 19 heavy (non-hydrogen) atoms. The van der Waals surface area contributed by atoms with Crippen molar-refractivity contribution in [3.8, 4) is 5.69 Å². The van der Waals surface area contributed by atoms with Crippen molar-refractivity contribution in [2.24, 2.45) is 0 Å². The summed E-state index contributed by atoms with van der Waals surface area (Å²) in [5.41, 5.74) is 2.30. The van der Waals surface area contributed by atoms with Gasteiger partial charge in [-0.15, -0.1) is 0 Å². The van der Waals surface area contributed by atoms with E-state index in [1.54, 1.807) is 10.7 Å². The molecular weight excluding hydrogens is 246 g/mol. The smallest absolute Gasteiger partial charge is 0.280 e. The number of aromatic nitrogens is 2. The highest BCUT2D eigenvalue weighted by Gasteiger charge is 2.18. The van der Waals surface area contributed by atoms with Crippen LogP contribution in [0.5, 0.6) is 0 Å². The first-order valence-electron chi connectivity index (χ1n) is 5.73. The van der Waals surface area contributed by atoms with Crippen LogP contribution in [0.25, 0.3) is 5.69 Å². The zero-order valence-corrected chi connectivity index (χ0v) is 10.9. The first kappa shape index (κ1) is 12.9. The fraction of sp³-hybridized carbons (Fsp3) is 0.231. The number of Topliss-reactive ketones (excluding diaryl/α,β-unsaturated/α-hetero) is 1. The molecule has 0 amide bonds. The molecule has 1 aromatic carbocycles. The van der Waals surface area contributed by atoms with Gasteiger partial charge >= 0.3 is 0 Å². The standard InChI is InChI=1S/C13H13N3O3/c1-8-6-9(2)15(14-8)11-4-5-13(16(18)19)12(7-11)10(3)17/h4-7H,1-3H3. The van der Waals surface area contributed by atoms with Crippen LogP contribution in [0.15, 0.2) is 24.3 Å². The molecule has 0 radical (unpaired) electrons. The van der Waals surface area contributed by atoms with Gasteiger partial charge in [-0.05, 0) is 39.0 Å². The van der Waals surface area contributed by atoms with Crippen LogP contribution < -0.4 is 0 Å². The van der Waals surface area contributed by atoms with E-state index in [1.165, 1.54) is 19.1 Å². The molecule has 0 bridgehead atoms. The molecule has 0 atom stereocenters. The first-order chi connectivity index (χ1) is 8.90. The number of nitro groups is 1. The van der Waals surface area contributed by atoms with Crippen LogP contribution >= 0.6 is 0 Å². The summed E-state index contributed by atoms with van der Waals surface area (Å²) in [5.74, 6) is -0.338. The zero-order chi connectivity index (χ0) is 14.2. The minimum absolute atomic E-state index is 0.0926. The Morgan fingerprint density at radius 2 is 2.00 bits per heavy atom. The van der Waals surface area contributed by atoms with Crippen molar-refractivity contribution in [2.75, 3.05) is 0 Å². The fourth-order valence-electron chi connectivity index (χ4n) is 1.99. The molecule has 0 fully saturated rings. The fourth-order valence-corrected chi connectivity index (χ4v) is 1.99. The third-order valence-electron chi connectivity index (χ3n) is 2.81. The van der Waals surface area contributed by atoms with Crippen LogP contribution in [0.2, 0.25) is 0 Å². The normalized spacial score (nSPS) is 10.5. The van der Waals surface area contributed by atoms with Crippen molar-refractivity contribution in [2.45, 2.75) is 20.8 Å². The Labute approximate surface area is 109 Å². The number of rotatable bonds is 3. The molecule has 6 heteroatoms. The Morgan fingerprint density at radius 3 is 2.47 bits per heavy atom. The van der Waals surface area contributed by atoms with E-state index in [-0.39, 0.29) is 17.0 Å². The number of nitrogens with zero attached hydrogens (tertiary/aromatic N) is 3. The summed E-state index contributed by atoms with van der Waals surface area (Å²) < 4.78 is 1.66. The van der Waals surface area contributed by atoms with E-state index in [0.29, 0.717) is 5.69 Å². The molecule has 1 aromatic heterocycles. The average Bonchev–Trinajstić information content (AvgIpc) is 2.67. The van der Waals surface area contributed by atoms with E-state index >= 15 is 0 Å². The summed E-state index contributed by atoms with van der Waals surface area (Å²) in [6, 6.07) is 6.32. The molecule has 0 N–H and O–H groups in total. The van der Waals surface area contributed by atoms with Crippen molar-refractivity contribution in [1.82, 2.24) is 9.78 Å². The lowest BCUT2D eigenvalue weighted by Gasteiger charge is -2.06. The number of benzene rings is 1. The molecule has 6 nitrogen and oxygen atoms in total. The van der Waals surface area contributed by atoms with Crippen LogP contribution in [-0.2, 0) is 0 Å². The van der Waals surface area contributed by atoms with E-state index in [9.17, 15) is 14.9 Å². The van der Waals surface area contributed by atoms with Gasteiger partial charge in [0, 0.05) is 11.8 Å². The van der Waals surface area contributed by atoms with Gasteiger partial charge in [0.1, 0.15) is 0 Å². The number of hydrogen-bond acceptors (Lipinski definition) is 4. The molecule has 0 saturated heterocycles. The first-order valence-corrected chi connectivity index (χ1v) is 5.73. The van der Waals surface area contributed by atoms with E-state index in [0.717, 1.165) is 11.4 Å². The minimum atomic E-state index is -0.554. The van der Waals surface area contributed by atoms with Crippen molar-refractivity contribution in [3.63, 3.8) is 0 Å². The van der Waals surface area contributed by atoms with E-state index in [4.69, 9.17) is 0 Å². The van der Waals surface area contributed by atoms with Crippen LogP contribution in [-0.4, -0.2) is 20.5 Å². The molecule has 2 aromatic rings. The monoisotopic (exact) mass is 259 g/mol. The maximum Gasteiger partial charge on any atom is 0.280 e. The maximum absolute atomic E-state index is 11.5. The van der Waals surface area contributed by atoms with Crippen LogP contribution in [0.4, 0.5) is 5.69 Å². The summed E-state index contributed by atoms with van der Waals surface area (Å²) >= 11 is 0. The van der Waals surface area contributed by atoms with Crippen LogP contribution in [0.1, 0.15) is 28.7 Å². The second-order valence-electron chi connectivity index (χ2n) is 4.35. The highest BCUT2D eigenvalue weighted by Crippen LogP contribution is 2.23. The number of carbonyl (C=O) groups is 1. The van der Waals surface area contributed by atoms with Crippen molar-refractivity contribution >= 4 is 11.5 Å². The predicted molar refractivity (Wildman–Crippen MR) is 69.7 cm³/mol. The van der Waals surface area contributed by atoms with Gasteiger partial charge in [-0.3, -0.25) is 14.9 Å². The summed E-state index contributed by atoms with van der Waals surface area (Å²) in [7, 11) is 0. The molecule has 98 valence electrons. The largest absolute Gasteiger partial charge is 0.294 e. The summed E-state index contributed by atoms with van der Waals surface area (Å²) in [5, 5.41) is 15.2. The molecule has 0 aliphatic rings. The Morgan fingerprint density at radius 1 is 1.32 bits per heavy atom. The summed E-state index contributed by atoms with van der Waals surface area (Å²) in [4.78, 5) is 21.8. The molecule has 0 saturated carbocycles. The SMILES string of the molecule is CC(=O)c1cc(-n2nc(C)cc2C)ccc1[N+](=O)[O-]. The third kappa shape index (κ3) is 2.37. The zero-order valence-electron chi connectivity index (χ0n) is 10.9. The molecular formula is C13H13N3O3. The van der Waals surface area contributed by atoms with Crippen molar-refractivity contribution < 1.29 is 9.72 Å². The minimum Gasteiger partial charge on any atom is -0.294 e. The maximum atomic E-state index is 11.5. The van der Waals surface area contributed by atoms with Gasteiger partial charge in [0.05, 0.1) is 21.9 Å². The molecule has 1 heterocycles. The molecule has 0 spiro atoms. The second kappa shape index (κ2) is 4.64. The Hall–Kier alpha value is -2.50. The van der Waals surface area contributed by atoms with Crippen LogP contribution in [0, 0.1) is 24.0 Å². The van der Waals surface area contributed by atoms with Gasteiger partial charge in [0.15, 0.2) is 5.78 Å². The quantitative estimate of drug-likeness (QED) is 0.482. The van der Waals surface area contributed by atoms with Crippen LogP contribution in [0.3, 0.4) is 0 Å². The number of aryl methyl sites for hydroxylation is 2. The Balaban J connectivity index is 2.61. The highest BCUT2D eigenvalue weighted by atomic mass is 16.6. The van der Waals surface area contributed by atoms with Gasteiger partial charge < -0.3 is 0 Å². The lowest BCUT2D eigenvalue weighted by atomic mass is 10.1. The molecule has 2 rings (SSSR count). The van der Waals surface area contributed by atoms with E-state index in [1.807, 2.05) is 19.9 Å².